The highest BCUT2D eigenvalue weighted by Crippen LogP contribution is 2.23. The van der Waals surface area contributed by atoms with E-state index >= 15 is 0 Å². The smallest absolute Gasteiger partial charge is 0.396 e. The van der Waals surface area contributed by atoms with Crippen LogP contribution in [-0.4, -0.2) is 33.1 Å². The topological polar surface area (TPSA) is 58.6 Å². The molecule has 0 aliphatic heterocycles. The number of hydrogen-bond acceptors (Lipinski definition) is 4. The number of para-hydroxylation sites is 2. The number of ether oxygens (including phenoxy) is 1. The zero-order chi connectivity index (χ0) is 12.1. The van der Waals surface area contributed by atoms with E-state index in [9.17, 15) is 9.59 Å². The molecule has 1 rings (SSSR count). The van der Waals surface area contributed by atoms with Gasteiger partial charge in [-0.1, -0.05) is 12.1 Å². The van der Waals surface area contributed by atoms with E-state index in [2.05, 4.69) is 10.1 Å². The maximum atomic E-state index is 11.3. The quantitative estimate of drug-likeness (QED) is 0.595. The van der Waals surface area contributed by atoms with Crippen LogP contribution in [0.4, 0.5) is 11.4 Å². The predicted octanol–water partition coefficient (Wildman–Crippen LogP) is 0.864. The van der Waals surface area contributed by atoms with Gasteiger partial charge in [0, 0.05) is 14.1 Å². The van der Waals surface area contributed by atoms with Crippen molar-refractivity contribution in [2.75, 3.05) is 31.4 Å². The highest BCUT2D eigenvalue weighted by atomic mass is 16.5. The van der Waals surface area contributed by atoms with Crippen molar-refractivity contribution in [2.45, 2.75) is 0 Å². The summed E-state index contributed by atoms with van der Waals surface area (Å²) in [7, 11) is 4.87. The number of hydrogen-bond donors (Lipinski definition) is 1. The molecule has 0 aromatic heterocycles. The lowest BCUT2D eigenvalue weighted by Gasteiger charge is -2.17. The molecule has 1 amide bonds. The fourth-order valence-electron chi connectivity index (χ4n) is 1.24. The standard InChI is InChI=1S/C11H14N2O3/c1-13(2)9-7-5-4-6-8(9)12-10(14)11(15)16-3/h4-7H,1-3H3,(H,12,14). The molecule has 0 aliphatic carbocycles. The number of rotatable bonds is 2. The van der Waals surface area contributed by atoms with Crippen LogP contribution in [0.25, 0.3) is 0 Å². The van der Waals surface area contributed by atoms with Crippen molar-refractivity contribution in [3.05, 3.63) is 24.3 Å². The second-order valence-electron chi connectivity index (χ2n) is 3.36. The first-order valence-corrected chi connectivity index (χ1v) is 4.72. The molecular formula is C11H14N2O3. The molecule has 0 saturated heterocycles. The summed E-state index contributed by atoms with van der Waals surface area (Å²) in [6.07, 6.45) is 0. The molecule has 0 unspecified atom stereocenters. The summed E-state index contributed by atoms with van der Waals surface area (Å²) in [5, 5.41) is 2.49. The van der Waals surface area contributed by atoms with Gasteiger partial charge in [0.1, 0.15) is 0 Å². The van der Waals surface area contributed by atoms with Crippen LogP contribution in [0.5, 0.6) is 0 Å². The molecule has 0 heterocycles. The van der Waals surface area contributed by atoms with Crippen molar-refractivity contribution in [3.8, 4) is 0 Å². The number of esters is 1. The molecule has 0 atom stereocenters. The lowest BCUT2D eigenvalue weighted by atomic mass is 10.2. The second kappa shape index (κ2) is 5.16. The van der Waals surface area contributed by atoms with E-state index in [4.69, 9.17) is 0 Å². The number of nitrogens with one attached hydrogen (secondary N) is 1. The number of carbonyl (C=O) groups excluding carboxylic acids is 2. The van der Waals surface area contributed by atoms with Gasteiger partial charge in [-0.05, 0) is 12.1 Å². The minimum absolute atomic E-state index is 0.572. The van der Waals surface area contributed by atoms with Gasteiger partial charge in [-0.25, -0.2) is 4.79 Å². The highest BCUT2D eigenvalue weighted by molar-refractivity contribution is 6.37. The van der Waals surface area contributed by atoms with Crippen LogP contribution >= 0.6 is 0 Å². The highest BCUT2D eigenvalue weighted by Gasteiger charge is 2.15. The third-order valence-electron chi connectivity index (χ3n) is 2.00. The van der Waals surface area contributed by atoms with Crippen molar-refractivity contribution < 1.29 is 14.3 Å². The molecule has 1 N–H and O–H groups in total. The van der Waals surface area contributed by atoms with Crippen LogP contribution in [0, 0.1) is 0 Å². The molecule has 0 saturated carbocycles. The molecule has 1 aromatic rings. The van der Waals surface area contributed by atoms with Gasteiger partial charge >= 0.3 is 11.9 Å². The molecule has 0 fully saturated rings. The summed E-state index contributed by atoms with van der Waals surface area (Å²) in [5.74, 6) is -1.69. The zero-order valence-electron chi connectivity index (χ0n) is 9.48. The van der Waals surface area contributed by atoms with E-state index in [0.29, 0.717) is 5.69 Å². The number of amides is 1. The van der Waals surface area contributed by atoms with Crippen LogP contribution in [0.2, 0.25) is 0 Å². The van der Waals surface area contributed by atoms with Crippen LogP contribution in [0.15, 0.2) is 24.3 Å². The van der Waals surface area contributed by atoms with Gasteiger partial charge in [-0.3, -0.25) is 4.79 Å². The van der Waals surface area contributed by atoms with Crippen LogP contribution in [-0.2, 0) is 14.3 Å². The number of benzene rings is 1. The van der Waals surface area contributed by atoms with Gasteiger partial charge in [0.05, 0.1) is 18.5 Å². The fraction of sp³-hybridized carbons (Fsp3) is 0.273. The van der Waals surface area contributed by atoms with Crippen LogP contribution in [0.3, 0.4) is 0 Å². The summed E-state index contributed by atoms with van der Waals surface area (Å²) in [5.41, 5.74) is 1.39. The Morgan fingerprint density at radius 1 is 1.25 bits per heavy atom. The number of methoxy groups -OCH3 is 1. The Morgan fingerprint density at radius 3 is 2.44 bits per heavy atom. The van der Waals surface area contributed by atoms with Crippen molar-refractivity contribution >= 4 is 23.3 Å². The number of nitrogens with zero attached hydrogens (tertiary/aromatic N) is 1. The molecular weight excluding hydrogens is 208 g/mol. The maximum Gasteiger partial charge on any atom is 0.396 e. The Kier molecular flexibility index (Phi) is 3.88. The lowest BCUT2D eigenvalue weighted by Crippen LogP contribution is -2.25. The minimum Gasteiger partial charge on any atom is -0.462 e. The largest absolute Gasteiger partial charge is 0.462 e. The SMILES string of the molecule is COC(=O)C(=O)Nc1ccccc1N(C)C. The molecule has 0 bridgehead atoms. The third kappa shape index (κ3) is 2.73. The summed E-state index contributed by atoms with van der Waals surface area (Å²) in [6.45, 7) is 0. The van der Waals surface area contributed by atoms with E-state index in [1.165, 1.54) is 7.11 Å². The van der Waals surface area contributed by atoms with Crippen molar-refractivity contribution in [2.24, 2.45) is 0 Å². The normalized spacial score (nSPS) is 9.44. The Labute approximate surface area is 94.0 Å². The molecule has 5 heteroatoms. The van der Waals surface area contributed by atoms with Crippen LogP contribution in [0.1, 0.15) is 0 Å². The fourth-order valence-corrected chi connectivity index (χ4v) is 1.24. The average molecular weight is 222 g/mol. The predicted molar refractivity (Wildman–Crippen MR) is 61.4 cm³/mol. The number of anilines is 2. The van der Waals surface area contributed by atoms with Gasteiger partial charge in [-0.15, -0.1) is 0 Å². The van der Waals surface area contributed by atoms with Gasteiger partial charge in [0.2, 0.25) is 0 Å². The van der Waals surface area contributed by atoms with Crippen molar-refractivity contribution in [3.63, 3.8) is 0 Å². The van der Waals surface area contributed by atoms with Gasteiger partial charge < -0.3 is 15.0 Å². The van der Waals surface area contributed by atoms with Crippen LogP contribution < -0.4 is 10.2 Å². The molecule has 0 aliphatic rings. The van der Waals surface area contributed by atoms with E-state index in [1.54, 1.807) is 12.1 Å². The first-order chi connectivity index (χ1) is 7.56. The Morgan fingerprint density at radius 2 is 1.88 bits per heavy atom. The van der Waals surface area contributed by atoms with Gasteiger partial charge in [-0.2, -0.15) is 0 Å². The zero-order valence-corrected chi connectivity index (χ0v) is 9.48. The monoisotopic (exact) mass is 222 g/mol. The molecule has 1 aromatic carbocycles. The van der Waals surface area contributed by atoms with E-state index < -0.39 is 11.9 Å². The summed E-state index contributed by atoms with van der Waals surface area (Å²) in [4.78, 5) is 24.1. The average Bonchev–Trinajstić information content (AvgIpc) is 2.28. The van der Waals surface area contributed by atoms with Crippen molar-refractivity contribution in [1.82, 2.24) is 0 Å². The van der Waals surface area contributed by atoms with E-state index in [1.807, 2.05) is 31.1 Å². The molecule has 0 radical (unpaired) electrons. The Hall–Kier alpha value is -2.04. The lowest BCUT2D eigenvalue weighted by molar-refractivity contribution is -0.150. The van der Waals surface area contributed by atoms with E-state index in [-0.39, 0.29) is 0 Å². The maximum absolute atomic E-state index is 11.3. The Bertz CT molecular complexity index is 402. The second-order valence-corrected chi connectivity index (χ2v) is 3.36. The molecule has 16 heavy (non-hydrogen) atoms. The first kappa shape index (κ1) is 12.0. The van der Waals surface area contributed by atoms with E-state index in [0.717, 1.165) is 5.69 Å². The van der Waals surface area contributed by atoms with Crippen molar-refractivity contribution in [1.29, 1.82) is 0 Å². The minimum atomic E-state index is -0.909. The Balaban J connectivity index is 2.89. The summed E-state index contributed by atoms with van der Waals surface area (Å²) < 4.78 is 4.32. The third-order valence-corrected chi connectivity index (χ3v) is 2.00. The number of carbonyl (C=O) groups is 2. The van der Waals surface area contributed by atoms with Gasteiger partial charge in [0.25, 0.3) is 0 Å². The molecule has 5 nitrogen and oxygen atoms in total. The summed E-state index contributed by atoms with van der Waals surface area (Å²) in [6, 6.07) is 7.19. The molecule has 86 valence electrons. The molecule has 0 spiro atoms. The first-order valence-electron chi connectivity index (χ1n) is 4.72. The summed E-state index contributed by atoms with van der Waals surface area (Å²) >= 11 is 0. The van der Waals surface area contributed by atoms with Gasteiger partial charge in [0.15, 0.2) is 0 Å².